The average molecular weight is 271 g/mol. The normalized spacial score (nSPS) is 12.0. The molecule has 2 nitrogen and oxygen atoms in total. The van der Waals surface area contributed by atoms with E-state index in [-0.39, 0.29) is 0 Å². The van der Waals surface area contributed by atoms with E-state index in [0.29, 0.717) is 5.41 Å². The first kappa shape index (κ1) is 18.9. The molecule has 0 fully saturated rings. The topological polar surface area (TPSA) is 21.3 Å². The quantitative estimate of drug-likeness (QED) is 0.459. The Morgan fingerprint density at radius 3 is 2.11 bits per heavy atom. The van der Waals surface area contributed by atoms with E-state index in [1.165, 1.54) is 57.8 Å². The van der Waals surface area contributed by atoms with Crippen molar-refractivity contribution in [2.24, 2.45) is 5.41 Å². The van der Waals surface area contributed by atoms with Crippen LogP contribution in [0.5, 0.6) is 0 Å². The van der Waals surface area contributed by atoms with Crippen molar-refractivity contribution in [3.63, 3.8) is 0 Å². The van der Waals surface area contributed by atoms with Crippen LogP contribution in [0, 0.1) is 5.41 Å². The summed E-state index contributed by atoms with van der Waals surface area (Å²) in [5.74, 6) is 0. The fourth-order valence-corrected chi connectivity index (χ4v) is 2.75. The fraction of sp³-hybridized carbons (Fsp3) is 1.00. The van der Waals surface area contributed by atoms with Gasteiger partial charge in [-0.3, -0.25) is 0 Å². The lowest BCUT2D eigenvalue weighted by Gasteiger charge is -2.32. The van der Waals surface area contributed by atoms with Crippen LogP contribution in [0.1, 0.15) is 78.6 Å². The van der Waals surface area contributed by atoms with Gasteiger partial charge in [-0.05, 0) is 24.7 Å². The van der Waals surface area contributed by atoms with Crippen molar-refractivity contribution < 1.29 is 4.74 Å². The molecular weight excluding hydrogens is 234 g/mol. The molecule has 0 bridgehead atoms. The third-order valence-corrected chi connectivity index (χ3v) is 4.54. The molecule has 0 aromatic rings. The largest absolute Gasteiger partial charge is 0.383 e. The second-order valence-electron chi connectivity index (χ2n) is 5.89. The number of ether oxygens (including phenoxy) is 1. The Morgan fingerprint density at radius 1 is 0.895 bits per heavy atom. The molecular formula is C17H37NO. The van der Waals surface area contributed by atoms with Crippen molar-refractivity contribution in [3.05, 3.63) is 0 Å². The van der Waals surface area contributed by atoms with E-state index >= 15 is 0 Å². The highest BCUT2D eigenvalue weighted by Crippen LogP contribution is 2.32. The molecule has 0 amide bonds. The maximum atomic E-state index is 5.10. The van der Waals surface area contributed by atoms with Gasteiger partial charge in [-0.1, -0.05) is 59.3 Å². The molecule has 0 aromatic carbocycles. The SMILES string of the molecule is CCCCCCCCC(CC)(CC)CNCCOC. The summed E-state index contributed by atoms with van der Waals surface area (Å²) >= 11 is 0. The van der Waals surface area contributed by atoms with Crippen molar-refractivity contribution in [3.8, 4) is 0 Å². The molecule has 2 heteroatoms. The first-order chi connectivity index (χ1) is 9.24. The highest BCUT2D eigenvalue weighted by Gasteiger charge is 2.24. The van der Waals surface area contributed by atoms with Crippen LogP contribution in [-0.2, 0) is 4.74 Å². The molecule has 0 saturated heterocycles. The average Bonchev–Trinajstić information content (AvgIpc) is 2.45. The molecule has 0 atom stereocenters. The van der Waals surface area contributed by atoms with Gasteiger partial charge in [0.15, 0.2) is 0 Å². The van der Waals surface area contributed by atoms with Gasteiger partial charge in [0.25, 0.3) is 0 Å². The predicted octanol–water partition coefficient (Wildman–Crippen LogP) is 4.78. The minimum atomic E-state index is 0.512. The summed E-state index contributed by atoms with van der Waals surface area (Å²) in [5.41, 5.74) is 0.512. The zero-order chi connectivity index (χ0) is 14.4. The predicted molar refractivity (Wildman–Crippen MR) is 85.8 cm³/mol. The highest BCUT2D eigenvalue weighted by molar-refractivity contribution is 4.79. The van der Waals surface area contributed by atoms with Crippen LogP contribution in [0.4, 0.5) is 0 Å². The third-order valence-electron chi connectivity index (χ3n) is 4.54. The maximum absolute atomic E-state index is 5.10. The second-order valence-corrected chi connectivity index (χ2v) is 5.89. The van der Waals surface area contributed by atoms with Crippen LogP contribution in [0.25, 0.3) is 0 Å². The van der Waals surface area contributed by atoms with Gasteiger partial charge < -0.3 is 10.1 Å². The lowest BCUT2D eigenvalue weighted by Crippen LogP contribution is -2.35. The first-order valence-corrected chi connectivity index (χ1v) is 8.44. The Hall–Kier alpha value is -0.0800. The highest BCUT2D eigenvalue weighted by atomic mass is 16.5. The minimum absolute atomic E-state index is 0.512. The lowest BCUT2D eigenvalue weighted by molar-refractivity contribution is 0.179. The second kappa shape index (κ2) is 12.9. The summed E-state index contributed by atoms with van der Waals surface area (Å²) in [6, 6.07) is 0. The van der Waals surface area contributed by atoms with Crippen LogP contribution in [0.3, 0.4) is 0 Å². The van der Waals surface area contributed by atoms with Crippen LogP contribution < -0.4 is 5.32 Å². The van der Waals surface area contributed by atoms with Crippen LogP contribution >= 0.6 is 0 Å². The van der Waals surface area contributed by atoms with Crippen molar-refractivity contribution in [2.45, 2.75) is 78.6 Å². The fourth-order valence-electron chi connectivity index (χ4n) is 2.75. The summed E-state index contributed by atoms with van der Waals surface area (Å²) in [7, 11) is 1.77. The molecule has 1 N–H and O–H groups in total. The number of hydrogen-bond donors (Lipinski definition) is 1. The molecule has 0 aromatic heterocycles. The standard InChI is InChI=1S/C17H37NO/c1-5-8-9-10-11-12-13-17(6-2,7-3)16-18-14-15-19-4/h18H,5-16H2,1-4H3. The van der Waals surface area contributed by atoms with Gasteiger partial charge in [-0.25, -0.2) is 0 Å². The summed E-state index contributed by atoms with van der Waals surface area (Å²) in [4.78, 5) is 0. The number of hydrogen-bond acceptors (Lipinski definition) is 2. The Labute approximate surface area is 121 Å². The summed E-state index contributed by atoms with van der Waals surface area (Å²) < 4.78 is 5.10. The number of nitrogens with one attached hydrogen (secondary N) is 1. The zero-order valence-electron chi connectivity index (χ0n) is 13.9. The number of unbranched alkanes of at least 4 members (excludes halogenated alkanes) is 5. The smallest absolute Gasteiger partial charge is 0.0587 e. The van der Waals surface area contributed by atoms with Gasteiger partial charge in [-0.15, -0.1) is 0 Å². The van der Waals surface area contributed by atoms with E-state index < -0.39 is 0 Å². The van der Waals surface area contributed by atoms with Gasteiger partial charge in [0.1, 0.15) is 0 Å². The van der Waals surface area contributed by atoms with E-state index in [4.69, 9.17) is 4.74 Å². The third kappa shape index (κ3) is 9.45. The zero-order valence-corrected chi connectivity index (χ0v) is 13.9. The molecule has 0 aliphatic heterocycles. The molecule has 0 unspecified atom stereocenters. The first-order valence-electron chi connectivity index (χ1n) is 8.44. The summed E-state index contributed by atoms with van der Waals surface area (Å²) in [5, 5.41) is 3.57. The van der Waals surface area contributed by atoms with E-state index in [0.717, 1.165) is 19.7 Å². The van der Waals surface area contributed by atoms with Crippen molar-refractivity contribution in [1.29, 1.82) is 0 Å². The van der Waals surface area contributed by atoms with Gasteiger partial charge in [-0.2, -0.15) is 0 Å². The molecule has 0 aliphatic carbocycles. The van der Waals surface area contributed by atoms with Crippen molar-refractivity contribution >= 4 is 0 Å². The monoisotopic (exact) mass is 271 g/mol. The molecule has 0 spiro atoms. The molecule has 0 rings (SSSR count). The molecule has 0 heterocycles. The van der Waals surface area contributed by atoms with Crippen LogP contribution in [0.2, 0.25) is 0 Å². The van der Waals surface area contributed by atoms with Gasteiger partial charge >= 0.3 is 0 Å². The van der Waals surface area contributed by atoms with E-state index in [1.807, 2.05) is 0 Å². The van der Waals surface area contributed by atoms with Crippen LogP contribution in [-0.4, -0.2) is 26.8 Å². The Balaban J connectivity index is 3.81. The van der Waals surface area contributed by atoms with Crippen molar-refractivity contribution in [1.82, 2.24) is 5.32 Å². The van der Waals surface area contributed by atoms with Gasteiger partial charge in [0.2, 0.25) is 0 Å². The molecule has 0 radical (unpaired) electrons. The van der Waals surface area contributed by atoms with Gasteiger partial charge in [0.05, 0.1) is 6.61 Å². The van der Waals surface area contributed by atoms with E-state index in [9.17, 15) is 0 Å². The minimum Gasteiger partial charge on any atom is -0.383 e. The Morgan fingerprint density at radius 2 is 1.53 bits per heavy atom. The molecule has 116 valence electrons. The maximum Gasteiger partial charge on any atom is 0.0587 e. The molecule has 0 saturated carbocycles. The molecule has 19 heavy (non-hydrogen) atoms. The number of methoxy groups -OCH3 is 1. The summed E-state index contributed by atoms with van der Waals surface area (Å²) in [6.07, 6.45) is 12.4. The lowest BCUT2D eigenvalue weighted by atomic mass is 9.77. The Kier molecular flexibility index (Phi) is 12.9. The Bertz CT molecular complexity index is 178. The summed E-state index contributed by atoms with van der Waals surface area (Å²) in [6.45, 7) is 9.93. The van der Waals surface area contributed by atoms with E-state index in [2.05, 4.69) is 26.1 Å². The van der Waals surface area contributed by atoms with Crippen LogP contribution in [0.15, 0.2) is 0 Å². The van der Waals surface area contributed by atoms with Gasteiger partial charge in [0, 0.05) is 20.2 Å². The van der Waals surface area contributed by atoms with E-state index in [1.54, 1.807) is 7.11 Å². The number of rotatable bonds is 14. The van der Waals surface area contributed by atoms with Crippen molar-refractivity contribution in [2.75, 3.05) is 26.8 Å². The molecule has 0 aliphatic rings.